The van der Waals surface area contributed by atoms with E-state index in [2.05, 4.69) is 4.72 Å². The number of hydrogen-bond donors (Lipinski definition) is 1. The Balaban J connectivity index is 1.76. The predicted octanol–water partition coefficient (Wildman–Crippen LogP) is 1.70. The van der Waals surface area contributed by atoms with E-state index in [1.807, 2.05) is 0 Å². The molecule has 1 amide bonds. The van der Waals surface area contributed by atoms with Crippen LogP contribution >= 0.6 is 0 Å². The van der Waals surface area contributed by atoms with Crippen LogP contribution in [0.1, 0.15) is 10.4 Å². The summed E-state index contributed by atoms with van der Waals surface area (Å²) in [6, 6.07) is 12.5. The molecule has 0 radical (unpaired) electrons. The average Bonchev–Trinajstić information content (AvgIpc) is 2.68. The van der Waals surface area contributed by atoms with Gasteiger partial charge in [-0.3, -0.25) is 13.7 Å². The third-order valence-corrected chi connectivity index (χ3v) is 6.89. The van der Waals surface area contributed by atoms with E-state index >= 15 is 0 Å². The molecule has 9 heteroatoms. The number of amides is 1. The number of nitrogens with zero attached hydrogens (tertiary/aromatic N) is 1. The van der Waals surface area contributed by atoms with E-state index < -0.39 is 20.8 Å². The fourth-order valence-electron chi connectivity index (χ4n) is 2.73. The van der Waals surface area contributed by atoms with Gasteiger partial charge in [-0.2, -0.15) is 0 Å². The Morgan fingerprint density at radius 3 is 2.33 bits per heavy atom. The Labute approximate surface area is 160 Å². The van der Waals surface area contributed by atoms with E-state index in [1.165, 1.54) is 31.4 Å². The summed E-state index contributed by atoms with van der Waals surface area (Å²) in [5.74, 6) is 1.17. The van der Waals surface area contributed by atoms with Crippen molar-refractivity contribution in [3.8, 4) is 5.75 Å². The summed E-state index contributed by atoms with van der Waals surface area (Å²) in [4.78, 5) is 14.2. The van der Waals surface area contributed by atoms with Crippen molar-refractivity contribution in [1.29, 1.82) is 0 Å². The van der Waals surface area contributed by atoms with Gasteiger partial charge < -0.3 is 9.64 Å². The summed E-state index contributed by atoms with van der Waals surface area (Å²) in [5.41, 5.74) is 0.736. The second-order valence-electron chi connectivity index (χ2n) is 5.97. The van der Waals surface area contributed by atoms with Gasteiger partial charge in [0.05, 0.1) is 17.7 Å². The van der Waals surface area contributed by atoms with Crippen LogP contribution in [0.3, 0.4) is 0 Å². The molecule has 0 saturated carbocycles. The summed E-state index contributed by atoms with van der Waals surface area (Å²) in [5, 5.41) is 0. The molecule has 0 atom stereocenters. The number of sulfonamides is 1. The normalized spacial score (nSPS) is 15.4. The SMILES string of the molecule is COc1ccccc1NS(=O)(=O)c1ccc(C(=O)N2CCS(=O)CC2)cc1. The maximum atomic E-state index is 12.6. The number of para-hydroxylation sites is 2. The van der Waals surface area contributed by atoms with Crippen molar-refractivity contribution < 1.29 is 22.2 Å². The van der Waals surface area contributed by atoms with Crippen molar-refractivity contribution in [3.05, 3.63) is 54.1 Å². The lowest BCUT2D eigenvalue weighted by molar-refractivity contribution is 0.0771. The molecule has 1 aliphatic rings. The molecule has 2 aromatic rings. The summed E-state index contributed by atoms with van der Waals surface area (Å²) in [6.45, 7) is 0.891. The van der Waals surface area contributed by atoms with Gasteiger partial charge in [0.15, 0.2) is 0 Å². The highest BCUT2D eigenvalue weighted by Gasteiger charge is 2.22. The highest BCUT2D eigenvalue weighted by atomic mass is 32.2. The van der Waals surface area contributed by atoms with Gasteiger partial charge >= 0.3 is 0 Å². The first-order valence-electron chi connectivity index (χ1n) is 8.31. The first kappa shape index (κ1) is 19.4. The molecule has 1 fully saturated rings. The zero-order valence-corrected chi connectivity index (χ0v) is 16.4. The highest BCUT2D eigenvalue weighted by Crippen LogP contribution is 2.26. The number of anilines is 1. The van der Waals surface area contributed by atoms with Gasteiger partial charge in [0.1, 0.15) is 5.75 Å². The minimum absolute atomic E-state index is 0.0460. The molecule has 1 N–H and O–H groups in total. The lowest BCUT2D eigenvalue weighted by atomic mass is 10.2. The van der Waals surface area contributed by atoms with Gasteiger partial charge in [-0.25, -0.2) is 8.42 Å². The summed E-state index contributed by atoms with van der Waals surface area (Å²) >= 11 is 0. The first-order chi connectivity index (χ1) is 12.9. The molecule has 1 heterocycles. The summed E-state index contributed by atoms with van der Waals surface area (Å²) in [6.07, 6.45) is 0. The van der Waals surface area contributed by atoms with Gasteiger partial charge in [-0.05, 0) is 36.4 Å². The Morgan fingerprint density at radius 2 is 1.70 bits per heavy atom. The Kier molecular flexibility index (Phi) is 5.81. The average molecular weight is 409 g/mol. The Hall–Kier alpha value is -2.39. The maximum Gasteiger partial charge on any atom is 0.262 e. The molecule has 27 heavy (non-hydrogen) atoms. The van der Waals surface area contributed by atoms with Gasteiger partial charge in [0.2, 0.25) is 0 Å². The number of rotatable bonds is 5. The molecule has 2 aromatic carbocycles. The van der Waals surface area contributed by atoms with Crippen LogP contribution in [0.4, 0.5) is 5.69 Å². The molecule has 0 aliphatic carbocycles. The lowest BCUT2D eigenvalue weighted by Crippen LogP contribution is -2.41. The number of benzene rings is 2. The molecular formula is C18H20N2O5S2. The smallest absolute Gasteiger partial charge is 0.262 e. The minimum atomic E-state index is -3.82. The molecule has 1 aliphatic heterocycles. The lowest BCUT2D eigenvalue weighted by Gasteiger charge is -2.26. The van der Waals surface area contributed by atoms with Crippen molar-refractivity contribution in [2.24, 2.45) is 0 Å². The fraction of sp³-hybridized carbons (Fsp3) is 0.278. The van der Waals surface area contributed by atoms with E-state index in [-0.39, 0.29) is 10.8 Å². The van der Waals surface area contributed by atoms with Crippen LogP contribution in [0.2, 0.25) is 0 Å². The Morgan fingerprint density at radius 1 is 1.07 bits per heavy atom. The number of ether oxygens (including phenoxy) is 1. The standard InChI is InChI=1S/C18H20N2O5S2/c1-25-17-5-3-2-4-16(17)19-27(23,24)15-8-6-14(7-9-15)18(21)20-10-12-26(22)13-11-20/h2-9,19H,10-13H2,1H3. The van der Waals surface area contributed by atoms with Crippen LogP contribution in [0.5, 0.6) is 5.75 Å². The van der Waals surface area contributed by atoms with E-state index in [1.54, 1.807) is 29.2 Å². The molecule has 0 spiro atoms. The fourth-order valence-corrected chi connectivity index (χ4v) is 4.86. The topological polar surface area (TPSA) is 92.8 Å². The number of hydrogen-bond acceptors (Lipinski definition) is 5. The first-order valence-corrected chi connectivity index (χ1v) is 11.3. The van der Waals surface area contributed by atoms with E-state index in [0.29, 0.717) is 41.6 Å². The second kappa shape index (κ2) is 8.10. The van der Waals surface area contributed by atoms with Crippen LogP contribution < -0.4 is 9.46 Å². The molecule has 0 aromatic heterocycles. The monoisotopic (exact) mass is 408 g/mol. The molecule has 3 rings (SSSR count). The zero-order valence-electron chi connectivity index (χ0n) is 14.8. The van der Waals surface area contributed by atoms with Gasteiger partial charge in [-0.1, -0.05) is 12.1 Å². The summed E-state index contributed by atoms with van der Waals surface area (Å²) < 4.78 is 44.2. The van der Waals surface area contributed by atoms with Crippen molar-refractivity contribution in [2.75, 3.05) is 36.4 Å². The molecule has 7 nitrogen and oxygen atoms in total. The van der Waals surface area contributed by atoms with Crippen LogP contribution in [-0.2, 0) is 20.8 Å². The molecular weight excluding hydrogens is 388 g/mol. The van der Waals surface area contributed by atoms with Crippen molar-refractivity contribution >= 4 is 32.4 Å². The Bertz CT molecular complexity index is 948. The quantitative estimate of drug-likeness (QED) is 0.813. The van der Waals surface area contributed by atoms with E-state index in [4.69, 9.17) is 4.74 Å². The predicted molar refractivity (Wildman–Crippen MR) is 104 cm³/mol. The van der Waals surface area contributed by atoms with Crippen molar-refractivity contribution in [3.63, 3.8) is 0 Å². The maximum absolute atomic E-state index is 12.6. The molecule has 0 unspecified atom stereocenters. The van der Waals surface area contributed by atoms with Crippen LogP contribution in [0.25, 0.3) is 0 Å². The zero-order chi connectivity index (χ0) is 19.4. The number of methoxy groups -OCH3 is 1. The second-order valence-corrected chi connectivity index (χ2v) is 9.35. The van der Waals surface area contributed by atoms with Gasteiger partial charge in [0.25, 0.3) is 15.9 Å². The largest absolute Gasteiger partial charge is 0.495 e. The van der Waals surface area contributed by atoms with Gasteiger partial charge in [-0.15, -0.1) is 0 Å². The van der Waals surface area contributed by atoms with Crippen LogP contribution in [-0.4, -0.2) is 55.1 Å². The minimum Gasteiger partial charge on any atom is -0.495 e. The third-order valence-electron chi connectivity index (χ3n) is 4.23. The summed E-state index contributed by atoms with van der Waals surface area (Å²) in [7, 11) is -3.22. The molecule has 1 saturated heterocycles. The number of carbonyl (C=O) groups excluding carboxylic acids is 1. The van der Waals surface area contributed by atoms with Gasteiger partial charge in [0, 0.05) is 41.0 Å². The number of carbonyl (C=O) groups is 1. The van der Waals surface area contributed by atoms with Crippen molar-refractivity contribution in [1.82, 2.24) is 4.90 Å². The molecule has 144 valence electrons. The third kappa shape index (κ3) is 4.48. The van der Waals surface area contributed by atoms with Crippen molar-refractivity contribution in [2.45, 2.75) is 4.90 Å². The molecule has 0 bridgehead atoms. The highest BCUT2D eigenvalue weighted by molar-refractivity contribution is 7.92. The number of nitrogens with one attached hydrogen (secondary N) is 1. The van der Waals surface area contributed by atoms with Crippen LogP contribution in [0.15, 0.2) is 53.4 Å². The van der Waals surface area contributed by atoms with Crippen LogP contribution in [0, 0.1) is 0 Å². The van der Waals surface area contributed by atoms with E-state index in [9.17, 15) is 17.4 Å². The van der Waals surface area contributed by atoms with E-state index in [0.717, 1.165) is 0 Å².